The number of esters is 6. The number of methoxy groups -OCH3 is 2. The van der Waals surface area contributed by atoms with Crippen molar-refractivity contribution in [1.82, 2.24) is 0 Å². The van der Waals surface area contributed by atoms with Gasteiger partial charge in [0, 0.05) is 48.7 Å². The molecular formula is C33H56O16S4. The van der Waals surface area contributed by atoms with Crippen molar-refractivity contribution in [3.63, 3.8) is 0 Å². The fraction of sp³-hybridized carbons (Fsp3) is 0.818. The second kappa shape index (κ2) is 35.7. The summed E-state index contributed by atoms with van der Waals surface area (Å²) < 4.78 is 52.1. The van der Waals surface area contributed by atoms with Crippen LogP contribution in [-0.4, -0.2) is 164 Å². The minimum atomic E-state index is -1.40. The van der Waals surface area contributed by atoms with Gasteiger partial charge in [0.25, 0.3) is 0 Å². The number of thiol groups is 2. The van der Waals surface area contributed by atoms with E-state index in [-0.39, 0.29) is 115 Å². The molecule has 53 heavy (non-hydrogen) atoms. The minimum Gasteiger partial charge on any atom is -0.465 e. The molecule has 0 N–H and O–H groups in total. The quantitative estimate of drug-likeness (QED) is 0.0403. The van der Waals surface area contributed by atoms with Gasteiger partial charge in [-0.25, -0.2) is 0 Å². The SMILES string of the molecule is COCCOCCOC(=O)CCSCCC(=O)OCC(COC(=O)CCS)(COC(=O)CCS)COC(=O)CCSCCC(=O)OCCOCCOC. The van der Waals surface area contributed by atoms with Gasteiger partial charge in [-0.1, -0.05) is 0 Å². The number of thioether (sulfide) groups is 2. The highest BCUT2D eigenvalue weighted by Crippen LogP contribution is 2.23. The summed E-state index contributed by atoms with van der Waals surface area (Å²) in [5, 5.41) is 0. The summed E-state index contributed by atoms with van der Waals surface area (Å²) in [6, 6.07) is 0. The van der Waals surface area contributed by atoms with Gasteiger partial charge in [0.05, 0.1) is 78.2 Å². The first-order valence-electron chi connectivity index (χ1n) is 17.1. The van der Waals surface area contributed by atoms with Crippen molar-refractivity contribution < 1.29 is 76.1 Å². The van der Waals surface area contributed by atoms with Crippen LogP contribution in [0.1, 0.15) is 38.5 Å². The second-order valence-corrected chi connectivity index (χ2v) is 14.3. The van der Waals surface area contributed by atoms with Gasteiger partial charge in [0.1, 0.15) is 45.1 Å². The van der Waals surface area contributed by atoms with Crippen molar-refractivity contribution in [3.05, 3.63) is 0 Å². The monoisotopic (exact) mass is 836 g/mol. The number of hydrogen-bond donors (Lipinski definition) is 2. The molecule has 0 saturated heterocycles. The van der Waals surface area contributed by atoms with Crippen LogP contribution in [0.25, 0.3) is 0 Å². The Kier molecular flexibility index (Phi) is 34.4. The van der Waals surface area contributed by atoms with E-state index in [2.05, 4.69) is 25.3 Å². The summed E-state index contributed by atoms with van der Waals surface area (Å²) in [4.78, 5) is 73.6. The predicted molar refractivity (Wildman–Crippen MR) is 204 cm³/mol. The van der Waals surface area contributed by atoms with E-state index < -0.39 is 29.3 Å². The van der Waals surface area contributed by atoms with Crippen LogP contribution in [-0.2, 0) is 76.1 Å². The fourth-order valence-corrected chi connectivity index (χ4v) is 5.56. The van der Waals surface area contributed by atoms with Gasteiger partial charge in [-0.15, -0.1) is 0 Å². The van der Waals surface area contributed by atoms with Crippen molar-refractivity contribution in [2.75, 3.05) is 128 Å². The molecule has 0 bridgehead atoms. The number of carbonyl (C=O) groups is 6. The third kappa shape index (κ3) is 32.1. The topological polar surface area (TPSA) is 195 Å². The van der Waals surface area contributed by atoms with Crippen LogP contribution in [0, 0.1) is 5.41 Å². The lowest BCUT2D eigenvalue weighted by Gasteiger charge is -2.31. The average molecular weight is 837 g/mol. The van der Waals surface area contributed by atoms with Gasteiger partial charge in [-0.3, -0.25) is 28.8 Å². The molecule has 0 heterocycles. The van der Waals surface area contributed by atoms with Gasteiger partial charge in [-0.05, 0) is 0 Å². The molecular weight excluding hydrogens is 781 g/mol. The Bertz CT molecular complexity index is 942. The lowest BCUT2D eigenvalue weighted by molar-refractivity contribution is -0.170. The predicted octanol–water partition coefficient (Wildman–Crippen LogP) is 2.22. The summed E-state index contributed by atoms with van der Waals surface area (Å²) in [5.41, 5.74) is -1.40. The zero-order valence-corrected chi connectivity index (χ0v) is 34.1. The number of rotatable bonds is 36. The molecule has 0 fully saturated rings. The van der Waals surface area contributed by atoms with Gasteiger partial charge < -0.3 is 47.4 Å². The molecule has 20 heteroatoms. The molecule has 0 amide bonds. The molecule has 0 radical (unpaired) electrons. The average Bonchev–Trinajstić information content (AvgIpc) is 3.13. The number of hydrogen-bond acceptors (Lipinski definition) is 20. The van der Waals surface area contributed by atoms with Crippen LogP contribution in [0.5, 0.6) is 0 Å². The molecule has 0 rings (SSSR count). The van der Waals surface area contributed by atoms with E-state index in [0.29, 0.717) is 49.4 Å². The number of carbonyl (C=O) groups excluding carboxylic acids is 6. The van der Waals surface area contributed by atoms with E-state index in [0.717, 1.165) is 0 Å². The molecule has 16 nitrogen and oxygen atoms in total. The molecule has 0 atom stereocenters. The van der Waals surface area contributed by atoms with E-state index >= 15 is 0 Å². The second-order valence-electron chi connectivity index (χ2n) is 11.0. The molecule has 0 spiro atoms. The highest BCUT2D eigenvalue weighted by molar-refractivity contribution is 7.99. The van der Waals surface area contributed by atoms with E-state index in [1.807, 2.05) is 0 Å². The van der Waals surface area contributed by atoms with Gasteiger partial charge in [0.2, 0.25) is 0 Å². The Labute approximate surface area is 331 Å². The summed E-state index contributed by atoms with van der Waals surface area (Å²) >= 11 is 10.8. The van der Waals surface area contributed by atoms with Crippen LogP contribution in [0.15, 0.2) is 0 Å². The largest absolute Gasteiger partial charge is 0.465 e. The van der Waals surface area contributed by atoms with Crippen LogP contribution in [0.2, 0.25) is 0 Å². The summed E-state index contributed by atoms with van der Waals surface area (Å²) in [6.45, 7) is 0.984. The normalized spacial score (nSPS) is 11.1. The van der Waals surface area contributed by atoms with E-state index in [9.17, 15) is 28.8 Å². The maximum absolute atomic E-state index is 12.7. The van der Waals surface area contributed by atoms with Crippen LogP contribution >= 0.6 is 48.8 Å². The van der Waals surface area contributed by atoms with Crippen molar-refractivity contribution in [3.8, 4) is 0 Å². The van der Waals surface area contributed by atoms with Crippen LogP contribution in [0.4, 0.5) is 0 Å². The first-order chi connectivity index (χ1) is 25.6. The number of ether oxygens (including phenoxy) is 10. The van der Waals surface area contributed by atoms with Crippen molar-refractivity contribution in [1.29, 1.82) is 0 Å². The van der Waals surface area contributed by atoms with E-state index in [1.165, 1.54) is 23.5 Å². The smallest absolute Gasteiger partial charge is 0.306 e. The summed E-state index contributed by atoms with van der Waals surface area (Å²) in [5.74, 6) is -1.15. The molecule has 0 aromatic rings. The molecule has 0 unspecified atom stereocenters. The van der Waals surface area contributed by atoms with Crippen molar-refractivity contribution >= 4 is 84.6 Å². The molecule has 0 saturated carbocycles. The third-order valence-corrected chi connectivity index (χ3v) is 8.85. The van der Waals surface area contributed by atoms with Crippen LogP contribution in [0.3, 0.4) is 0 Å². The Morgan fingerprint density at radius 2 is 0.698 bits per heavy atom. The van der Waals surface area contributed by atoms with Crippen LogP contribution < -0.4 is 0 Å². The molecule has 0 aromatic carbocycles. The molecule has 0 aliphatic heterocycles. The Morgan fingerprint density at radius 1 is 0.415 bits per heavy atom. The lowest BCUT2D eigenvalue weighted by atomic mass is 9.92. The third-order valence-electron chi connectivity index (χ3n) is 6.44. The highest BCUT2D eigenvalue weighted by atomic mass is 32.2. The molecule has 0 aliphatic rings. The van der Waals surface area contributed by atoms with E-state index in [4.69, 9.17) is 47.4 Å². The maximum atomic E-state index is 12.7. The maximum Gasteiger partial charge on any atom is 0.306 e. The summed E-state index contributed by atoms with van der Waals surface area (Å²) in [6.07, 6.45) is 0.288. The molecule has 0 aliphatic carbocycles. The first-order valence-corrected chi connectivity index (χ1v) is 20.6. The Morgan fingerprint density at radius 3 is 1.00 bits per heavy atom. The standard InChI is InChI=1S/C33H56O16S4/c1-40-9-11-42-13-15-44-29(36)5-19-52-21-7-31(38)48-25-33(23-46-27(34)3-17-50,24-47-28(35)4-18-51)26-49-32(39)8-22-53-20-6-30(37)45-16-14-43-12-10-41-2/h50-51H,3-26H2,1-2H3. The van der Waals surface area contributed by atoms with Crippen molar-refractivity contribution in [2.24, 2.45) is 5.41 Å². The lowest BCUT2D eigenvalue weighted by Crippen LogP contribution is -2.44. The highest BCUT2D eigenvalue weighted by Gasteiger charge is 2.38. The molecule has 0 aromatic heterocycles. The Balaban J connectivity index is 4.97. The zero-order chi connectivity index (χ0) is 39.4. The first kappa shape index (κ1) is 51.1. The molecule has 308 valence electrons. The Hall–Kier alpha value is -1.94. The van der Waals surface area contributed by atoms with Crippen molar-refractivity contribution in [2.45, 2.75) is 38.5 Å². The van der Waals surface area contributed by atoms with Gasteiger partial charge in [0.15, 0.2) is 0 Å². The van der Waals surface area contributed by atoms with Gasteiger partial charge >= 0.3 is 35.8 Å². The van der Waals surface area contributed by atoms with Gasteiger partial charge in [-0.2, -0.15) is 48.8 Å². The fourth-order valence-electron chi connectivity index (χ4n) is 3.54. The zero-order valence-electron chi connectivity index (χ0n) is 30.7. The summed E-state index contributed by atoms with van der Waals surface area (Å²) in [7, 11) is 3.12. The minimum absolute atomic E-state index is 0.00192. The van der Waals surface area contributed by atoms with E-state index in [1.54, 1.807) is 14.2 Å².